The predicted molar refractivity (Wildman–Crippen MR) is 54.6 cm³/mol. The van der Waals surface area contributed by atoms with Crippen LogP contribution in [-0.4, -0.2) is 27.2 Å². The van der Waals surface area contributed by atoms with E-state index in [1.54, 1.807) is 19.9 Å². The Bertz CT molecular complexity index is 296. The lowest BCUT2D eigenvalue weighted by atomic mass is 10.1. The summed E-state index contributed by atoms with van der Waals surface area (Å²) < 4.78 is 0. The van der Waals surface area contributed by atoms with Crippen molar-refractivity contribution >= 4 is 11.6 Å². The van der Waals surface area contributed by atoms with Crippen LogP contribution in [0.2, 0.25) is 0 Å². The van der Waals surface area contributed by atoms with Gasteiger partial charge in [0.2, 0.25) is 0 Å². The van der Waals surface area contributed by atoms with Gasteiger partial charge in [-0.1, -0.05) is 0 Å². The molecule has 0 aliphatic heterocycles. The van der Waals surface area contributed by atoms with Crippen LogP contribution < -0.4 is 16.6 Å². The van der Waals surface area contributed by atoms with Gasteiger partial charge in [-0.3, -0.25) is 0 Å². The molecule has 0 radical (unpaired) electrons. The summed E-state index contributed by atoms with van der Waals surface area (Å²) in [6, 6.07) is 1.66. The lowest BCUT2D eigenvalue weighted by Crippen LogP contribution is -2.29. The minimum Gasteiger partial charge on any atom is -0.389 e. The Morgan fingerprint density at radius 2 is 2.07 bits per heavy atom. The van der Waals surface area contributed by atoms with Gasteiger partial charge >= 0.3 is 0 Å². The molecule has 1 aromatic rings. The Morgan fingerprint density at radius 3 is 2.64 bits per heavy atom. The molecule has 78 valence electrons. The monoisotopic (exact) mass is 197 g/mol. The zero-order valence-electron chi connectivity index (χ0n) is 8.28. The number of aromatic nitrogens is 2. The van der Waals surface area contributed by atoms with E-state index in [1.165, 1.54) is 6.33 Å². The number of hydrazine groups is 1. The van der Waals surface area contributed by atoms with Crippen molar-refractivity contribution in [2.24, 2.45) is 5.84 Å². The first kappa shape index (κ1) is 10.7. The van der Waals surface area contributed by atoms with Gasteiger partial charge in [-0.05, 0) is 13.8 Å². The van der Waals surface area contributed by atoms with Crippen LogP contribution in [0.25, 0.3) is 0 Å². The van der Waals surface area contributed by atoms with Crippen LogP contribution in [-0.2, 0) is 0 Å². The fraction of sp³-hybridized carbons (Fsp3) is 0.500. The Hall–Kier alpha value is -1.40. The zero-order valence-corrected chi connectivity index (χ0v) is 8.28. The van der Waals surface area contributed by atoms with E-state index in [2.05, 4.69) is 20.7 Å². The molecule has 1 heterocycles. The van der Waals surface area contributed by atoms with Gasteiger partial charge in [0.15, 0.2) is 0 Å². The topological polar surface area (TPSA) is 96.1 Å². The summed E-state index contributed by atoms with van der Waals surface area (Å²) in [4.78, 5) is 7.81. The van der Waals surface area contributed by atoms with Gasteiger partial charge in [0, 0.05) is 12.6 Å². The van der Waals surface area contributed by atoms with Gasteiger partial charge in [0.05, 0.1) is 5.60 Å². The molecule has 0 aliphatic carbocycles. The number of nitrogens with one attached hydrogen (secondary N) is 2. The number of hydrogen-bond donors (Lipinski definition) is 4. The maximum Gasteiger partial charge on any atom is 0.145 e. The molecule has 6 nitrogen and oxygen atoms in total. The second kappa shape index (κ2) is 4.21. The van der Waals surface area contributed by atoms with Gasteiger partial charge in [0.25, 0.3) is 0 Å². The molecule has 0 saturated heterocycles. The van der Waals surface area contributed by atoms with Crippen molar-refractivity contribution in [3.63, 3.8) is 0 Å². The largest absolute Gasteiger partial charge is 0.389 e. The van der Waals surface area contributed by atoms with Crippen molar-refractivity contribution in [1.82, 2.24) is 9.97 Å². The second-order valence-corrected chi connectivity index (χ2v) is 3.60. The lowest BCUT2D eigenvalue weighted by Gasteiger charge is -2.17. The fourth-order valence-corrected chi connectivity index (χ4v) is 0.840. The molecule has 1 aromatic heterocycles. The second-order valence-electron chi connectivity index (χ2n) is 3.60. The van der Waals surface area contributed by atoms with Crippen molar-refractivity contribution in [2.45, 2.75) is 19.4 Å². The molecule has 1 rings (SSSR count). The molecular weight excluding hydrogens is 182 g/mol. The highest BCUT2D eigenvalue weighted by Crippen LogP contribution is 2.09. The Morgan fingerprint density at radius 1 is 1.43 bits per heavy atom. The Labute approximate surface area is 82.5 Å². The van der Waals surface area contributed by atoms with Gasteiger partial charge < -0.3 is 15.8 Å². The first-order valence-corrected chi connectivity index (χ1v) is 4.26. The summed E-state index contributed by atoms with van der Waals surface area (Å²) >= 11 is 0. The molecular formula is C8H15N5O. The average molecular weight is 197 g/mol. The number of anilines is 2. The molecule has 0 aliphatic rings. The first-order valence-electron chi connectivity index (χ1n) is 4.26. The third kappa shape index (κ3) is 3.55. The molecule has 0 amide bonds. The number of hydrogen-bond acceptors (Lipinski definition) is 6. The summed E-state index contributed by atoms with van der Waals surface area (Å²) in [5, 5.41) is 12.4. The van der Waals surface area contributed by atoms with Gasteiger partial charge in [-0.2, -0.15) is 0 Å². The van der Waals surface area contributed by atoms with Crippen molar-refractivity contribution in [2.75, 3.05) is 17.3 Å². The lowest BCUT2D eigenvalue weighted by molar-refractivity contribution is 0.0944. The van der Waals surface area contributed by atoms with Gasteiger partial charge in [-0.25, -0.2) is 15.8 Å². The van der Waals surface area contributed by atoms with Crippen LogP contribution in [0, 0.1) is 0 Å². The van der Waals surface area contributed by atoms with E-state index in [4.69, 9.17) is 5.84 Å². The fourth-order valence-electron chi connectivity index (χ4n) is 0.840. The molecule has 0 aromatic carbocycles. The maximum absolute atomic E-state index is 9.46. The third-order valence-electron chi connectivity index (χ3n) is 1.52. The van der Waals surface area contributed by atoms with E-state index in [-0.39, 0.29) is 0 Å². The van der Waals surface area contributed by atoms with Crippen LogP contribution in [0.1, 0.15) is 13.8 Å². The Balaban J connectivity index is 2.59. The SMILES string of the molecule is CC(C)(O)CNc1cc(NN)ncn1. The molecule has 0 bridgehead atoms. The summed E-state index contributed by atoms with van der Waals surface area (Å²) in [7, 11) is 0. The van der Waals surface area contributed by atoms with Crippen LogP contribution in [0.5, 0.6) is 0 Å². The van der Waals surface area contributed by atoms with E-state index in [1.807, 2.05) is 0 Å². The predicted octanol–water partition coefficient (Wildman–Crippen LogP) is -0.0550. The molecule has 6 heteroatoms. The number of aliphatic hydroxyl groups is 1. The number of nitrogens with two attached hydrogens (primary N) is 1. The van der Waals surface area contributed by atoms with Crippen molar-refractivity contribution < 1.29 is 5.11 Å². The first-order chi connectivity index (χ1) is 6.51. The number of rotatable bonds is 4. The van der Waals surface area contributed by atoms with E-state index in [0.29, 0.717) is 18.2 Å². The highest BCUT2D eigenvalue weighted by molar-refractivity contribution is 5.45. The molecule has 0 spiro atoms. The number of nitrogens with zero attached hydrogens (tertiary/aromatic N) is 2. The van der Waals surface area contributed by atoms with E-state index in [9.17, 15) is 5.11 Å². The van der Waals surface area contributed by atoms with Crippen LogP contribution >= 0.6 is 0 Å². The molecule has 14 heavy (non-hydrogen) atoms. The normalized spacial score (nSPS) is 11.1. The van der Waals surface area contributed by atoms with Crippen molar-refractivity contribution in [1.29, 1.82) is 0 Å². The van der Waals surface area contributed by atoms with Gasteiger partial charge in [-0.15, -0.1) is 0 Å². The maximum atomic E-state index is 9.46. The number of nitrogen functional groups attached to an aromatic ring is 1. The standard InChI is InChI=1S/C8H15N5O/c1-8(2,14)4-10-6-3-7(13-9)12-5-11-6/h3,5,14H,4,9H2,1-2H3,(H2,10,11,12,13). The molecule has 5 N–H and O–H groups in total. The van der Waals surface area contributed by atoms with E-state index >= 15 is 0 Å². The molecule has 0 saturated carbocycles. The van der Waals surface area contributed by atoms with Gasteiger partial charge in [0.1, 0.15) is 18.0 Å². The molecule has 0 unspecified atom stereocenters. The van der Waals surface area contributed by atoms with Crippen molar-refractivity contribution in [3.8, 4) is 0 Å². The summed E-state index contributed by atoms with van der Waals surface area (Å²) in [5.74, 6) is 6.33. The quantitative estimate of drug-likeness (QED) is 0.399. The zero-order chi connectivity index (χ0) is 10.6. The minimum atomic E-state index is -0.777. The average Bonchev–Trinajstić information content (AvgIpc) is 2.14. The molecule has 0 fully saturated rings. The highest BCUT2D eigenvalue weighted by Gasteiger charge is 2.11. The van der Waals surface area contributed by atoms with Crippen LogP contribution in [0.4, 0.5) is 11.6 Å². The minimum absolute atomic E-state index is 0.411. The molecule has 0 atom stereocenters. The van der Waals surface area contributed by atoms with Crippen LogP contribution in [0.15, 0.2) is 12.4 Å². The summed E-state index contributed by atoms with van der Waals surface area (Å²) in [6.07, 6.45) is 1.39. The van der Waals surface area contributed by atoms with Crippen molar-refractivity contribution in [3.05, 3.63) is 12.4 Å². The van der Waals surface area contributed by atoms with E-state index in [0.717, 1.165) is 0 Å². The van der Waals surface area contributed by atoms with E-state index < -0.39 is 5.60 Å². The van der Waals surface area contributed by atoms with Crippen LogP contribution in [0.3, 0.4) is 0 Å². The summed E-state index contributed by atoms with van der Waals surface area (Å²) in [6.45, 7) is 3.83. The summed E-state index contributed by atoms with van der Waals surface area (Å²) in [5.41, 5.74) is 1.63. The third-order valence-corrected chi connectivity index (χ3v) is 1.52. The highest BCUT2D eigenvalue weighted by atomic mass is 16.3. The Kier molecular flexibility index (Phi) is 3.21. The smallest absolute Gasteiger partial charge is 0.145 e.